The third-order valence-electron chi connectivity index (χ3n) is 7.87. The summed E-state index contributed by atoms with van der Waals surface area (Å²) < 4.78 is 6.55. The number of unbranched alkanes of at least 4 members (excludes halogenated alkanes) is 2. The summed E-state index contributed by atoms with van der Waals surface area (Å²) in [7, 11) is 0. The molecule has 0 saturated carbocycles. The van der Waals surface area contributed by atoms with Crippen molar-refractivity contribution in [3.05, 3.63) is 35.9 Å². The van der Waals surface area contributed by atoms with Crippen molar-refractivity contribution in [2.75, 3.05) is 13.2 Å². The van der Waals surface area contributed by atoms with Crippen molar-refractivity contribution >= 4 is 17.7 Å². The summed E-state index contributed by atoms with van der Waals surface area (Å²) in [4.78, 5) is 42.1. The Labute approximate surface area is 201 Å². The molecular weight excluding hydrogens is 434 g/mol. The van der Waals surface area contributed by atoms with E-state index in [0.717, 1.165) is 24.8 Å². The molecule has 8 nitrogen and oxygen atoms in total. The summed E-state index contributed by atoms with van der Waals surface area (Å²) in [6, 6.07) is 8.20. The summed E-state index contributed by atoms with van der Waals surface area (Å²) >= 11 is 0. The number of hydrogen-bond acceptors (Lipinski definition) is 5. The minimum absolute atomic E-state index is 0.230. The molecule has 1 aromatic rings. The van der Waals surface area contributed by atoms with Crippen molar-refractivity contribution < 1.29 is 24.2 Å². The topological polar surface area (TPSA) is 108 Å². The van der Waals surface area contributed by atoms with E-state index < -0.39 is 35.1 Å². The first-order chi connectivity index (χ1) is 16.3. The van der Waals surface area contributed by atoms with E-state index in [2.05, 4.69) is 17.6 Å². The summed E-state index contributed by atoms with van der Waals surface area (Å²) in [6.07, 6.45) is 4.04. The van der Waals surface area contributed by atoms with Crippen LogP contribution in [0, 0.1) is 11.8 Å². The smallest absolute Gasteiger partial charge is 0.245 e. The number of hydrogen-bond donors (Lipinski definition) is 3. The van der Waals surface area contributed by atoms with Gasteiger partial charge >= 0.3 is 0 Å². The number of carbonyl (C=O) groups excluding carboxylic acids is 3. The average molecular weight is 472 g/mol. The van der Waals surface area contributed by atoms with Crippen LogP contribution in [0.1, 0.15) is 58.4 Å². The Balaban J connectivity index is 1.61. The van der Waals surface area contributed by atoms with E-state index in [-0.39, 0.29) is 24.3 Å². The number of nitrogens with zero attached hydrogens (tertiary/aromatic N) is 1. The standard InChI is InChI=1S/C26H37N3O5/c1-4-5-9-14-27-23(32)21-26-13-12-25(3,34-26)19(20(26)24(33)29(21)17(2)16-30)22(31)28-15-18-10-7-6-8-11-18/h6-8,10-11,17,19-21,30H,4-5,9,12-16H2,1-3H3,(H,27,32)(H,28,31)/t17-,19-,20+,21?,25+,26?/m1/s1. The Morgan fingerprint density at radius 1 is 1.18 bits per heavy atom. The van der Waals surface area contributed by atoms with Crippen molar-refractivity contribution in [1.82, 2.24) is 15.5 Å². The van der Waals surface area contributed by atoms with Gasteiger partial charge in [0.2, 0.25) is 17.7 Å². The Kier molecular flexibility index (Phi) is 7.01. The number of fused-ring (bicyclic) bond motifs is 1. The molecule has 3 aliphatic heterocycles. The second-order valence-corrected chi connectivity index (χ2v) is 10.2. The van der Waals surface area contributed by atoms with E-state index in [0.29, 0.717) is 25.9 Å². The molecule has 34 heavy (non-hydrogen) atoms. The fourth-order valence-corrected chi connectivity index (χ4v) is 6.20. The van der Waals surface area contributed by atoms with Gasteiger partial charge in [0.05, 0.1) is 30.1 Å². The zero-order valence-corrected chi connectivity index (χ0v) is 20.4. The van der Waals surface area contributed by atoms with Crippen LogP contribution in [0.3, 0.4) is 0 Å². The van der Waals surface area contributed by atoms with Crippen LogP contribution < -0.4 is 10.6 Å². The number of aliphatic hydroxyl groups is 1. The lowest BCUT2D eigenvalue weighted by Gasteiger charge is -2.35. The molecule has 3 amide bonds. The van der Waals surface area contributed by atoms with Crippen LogP contribution in [-0.2, 0) is 25.7 Å². The van der Waals surface area contributed by atoms with Crippen LogP contribution in [0.15, 0.2) is 30.3 Å². The zero-order valence-electron chi connectivity index (χ0n) is 20.4. The number of amides is 3. The third kappa shape index (κ3) is 4.01. The molecule has 1 aromatic carbocycles. The van der Waals surface area contributed by atoms with Crippen molar-refractivity contribution in [1.29, 1.82) is 0 Å². The fourth-order valence-electron chi connectivity index (χ4n) is 6.20. The van der Waals surface area contributed by atoms with Crippen molar-refractivity contribution in [2.45, 2.75) is 82.7 Å². The molecule has 186 valence electrons. The highest BCUT2D eigenvalue weighted by Gasteiger charge is 2.78. The molecule has 1 spiro atoms. The quantitative estimate of drug-likeness (QED) is 0.451. The van der Waals surface area contributed by atoms with Crippen LogP contribution >= 0.6 is 0 Å². The number of carbonyl (C=O) groups is 3. The molecule has 2 unspecified atom stereocenters. The highest BCUT2D eigenvalue weighted by Crippen LogP contribution is 2.63. The Morgan fingerprint density at radius 3 is 2.59 bits per heavy atom. The second-order valence-electron chi connectivity index (χ2n) is 10.2. The van der Waals surface area contributed by atoms with Gasteiger partial charge in [0, 0.05) is 13.1 Å². The molecule has 0 aromatic heterocycles. The Hall–Kier alpha value is -2.45. The monoisotopic (exact) mass is 471 g/mol. The number of likely N-dealkylation sites (tertiary alicyclic amines) is 1. The van der Waals surface area contributed by atoms with E-state index in [1.807, 2.05) is 37.3 Å². The summed E-state index contributed by atoms with van der Waals surface area (Å²) in [5.74, 6) is -2.21. The van der Waals surface area contributed by atoms with Gasteiger partial charge in [-0.3, -0.25) is 14.4 Å². The molecule has 0 radical (unpaired) electrons. The highest BCUT2D eigenvalue weighted by molar-refractivity contribution is 5.99. The Bertz CT molecular complexity index is 924. The minimum atomic E-state index is -1.06. The van der Waals surface area contributed by atoms with Gasteiger partial charge in [-0.15, -0.1) is 0 Å². The SMILES string of the molecule is CCCCCNC(=O)C1N([C@H](C)CO)C(=O)[C@@H]2[C@H](C(=O)NCc3ccccc3)[C@]3(C)CCC12O3. The van der Waals surface area contributed by atoms with Crippen LogP contribution in [0.4, 0.5) is 0 Å². The summed E-state index contributed by atoms with van der Waals surface area (Å²) in [6.45, 7) is 6.33. The van der Waals surface area contributed by atoms with Gasteiger partial charge in [0.1, 0.15) is 11.6 Å². The summed E-state index contributed by atoms with van der Waals surface area (Å²) in [5.41, 5.74) is -0.896. The molecule has 3 N–H and O–H groups in total. The van der Waals surface area contributed by atoms with Gasteiger partial charge in [-0.2, -0.15) is 0 Å². The first-order valence-corrected chi connectivity index (χ1v) is 12.5. The molecule has 6 atom stereocenters. The van der Waals surface area contributed by atoms with Crippen molar-refractivity contribution in [2.24, 2.45) is 11.8 Å². The lowest BCUT2D eigenvalue weighted by atomic mass is 9.66. The van der Waals surface area contributed by atoms with Gasteiger partial charge < -0.3 is 25.4 Å². The lowest BCUT2D eigenvalue weighted by Crippen LogP contribution is -2.57. The van der Waals surface area contributed by atoms with Crippen LogP contribution in [0.2, 0.25) is 0 Å². The van der Waals surface area contributed by atoms with E-state index in [9.17, 15) is 19.5 Å². The molecular formula is C26H37N3O5. The van der Waals surface area contributed by atoms with Crippen LogP contribution in [-0.4, -0.2) is 64.2 Å². The van der Waals surface area contributed by atoms with Crippen LogP contribution in [0.5, 0.6) is 0 Å². The molecule has 3 aliphatic rings. The van der Waals surface area contributed by atoms with Gasteiger partial charge in [-0.25, -0.2) is 0 Å². The normalized spacial score (nSPS) is 32.5. The maximum absolute atomic E-state index is 13.8. The molecule has 8 heteroatoms. The number of aliphatic hydroxyl groups excluding tert-OH is 1. The van der Waals surface area contributed by atoms with E-state index in [1.165, 1.54) is 4.90 Å². The van der Waals surface area contributed by atoms with Crippen molar-refractivity contribution in [3.63, 3.8) is 0 Å². The van der Waals surface area contributed by atoms with Crippen molar-refractivity contribution in [3.8, 4) is 0 Å². The Morgan fingerprint density at radius 2 is 1.91 bits per heavy atom. The predicted octanol–water partition coefficient (Wildman–Crippen LogP) is 1.75. The molecule has 0 aliphatic carbocycles. The number of ether oxygens (including phenoxy) is 1. The maximum atomic E-state index is 13.8. The van der Waals surface area contributed by atoms with E-state index in [1.54, 1.807) is 6.92 Å². The summed E-state index contributed by atoms with van der Waals surface area (Å²) in [5, 5.41) is 15.9. The number of rotatable bonds is 10. The minimum Gasteiger partial charge on any atom is -0.394 e. The van der Waals surface area contributed by atoms with Gasteiger partial charge in [-0.05, 0) is 38.7 Å². The maximum Gasteiger partial charge on any atom is 0.245 e. The zero-order chi connectivity index (χ0) is 24.5. The molecule has 4 rings (SSSR count). The lowest BCUT2D eigenvalue weighted by molar-refractivity contribution is -0.149. The van der Waals surface area contributed by atoms with E-state index >= 15 is 0 Å². The molecule has 3 fully saturated rings. The third-order valence-corrected chi connectivity index (χ3v) is 7.87. The largest absolute Gasteiger partial charge is 0.394 e. The second kappa shape index (κ2) is 9.66. The first-order valence-electron chi connectivity index (χ1n) is 12.5. The average Bonchev–Trinajstić information content (AvgIpc) is 3.41. The van der Waals surface area contributed by atoms with Gasteiger partial charge in [0.25, 0.3) is 0 Å². The highest BCUT2D eigenvalue weighted by atomic mass is 16.5. The van der Waals surface area contributed by atoms with Crippen LogP contribution in [0.25, 0.3) is 0 Å². The van der Waals surface area contributed by atoms with Gasteiger partial charge in [0.15, 0.2) is 0 Å². The first kappa shape index (κ1) is 24.7. The molecule has 3 heterocycles. The van der Waals surface area contributed by atoms with E-state index in [4.69, 9.17) is 4.74 Å². The molecule has 2 bridgehead atoms. The predicted molar refractivity (Wildman–Crippen MR) is 126 cm³/mol. The fraction of sp³-hybridized carbons (Fsp3) is 0.654. The van der Waals surface area contributed by atoms with Gasteiger partial charge in [-0.1, -0.05) is 50.1 Å². The number of benzene rings is 1. The molecule has 3 saturated heterocycles. The number of nitrogens with one attached hydrogen (secondary N) is 2.